The molecule has 110 valence electrons. The van der Waals surface area contributed by atoms with Crippen molar-refractivity contribution in [2.24, 2.45) is 0 Å². The minimum Gasteiger partial charge on any atom is -0.478 e. The topological polar surface area (TPSA) is 49.3 Å². The summed E-state index contributed by atoms with van der Waals surface area (Å²) in [5.74, 6) is -2.08. The smallest absolute Gasteiger partial charge is 0.337 e. The Morgan fingerprint density at radius 1 is 1.14 bits per heavy atom. The predicted octanol–water partition coefficient (Wildman–Crippen LogP) is 3.71. The molecule has 2 aromatic rings. The molecule has 0 radical (unpaired) electrons. The van der Waals surface area contributed by atoms with Crippen molar-refractivity contribution >= 4 is 11.7 Å². The third-order valence-corrected chi connectivity index (χ3v) is 3.07. The summed E-state index contributed by atoms with van der Waals surface area (Å²) in [4.78, 5) is 11.1. The van der Waals surface area contributed by atoms with Crippen molar-refractivity contribution in [2.45, 2.75) is 19.4 Å². The highest BCUT2D eigenvalue weighted by atomic mass is 19.1. The van der Waals surface area contributed by atoms with E-state index in [4.69, 9.17) is 5.11 Å². The van der Waals surface area contributed by atoms with Crippen LogP contribution in [0.25, 0.3) is 0 Å². The van der Waals surface area contributed by atoms with Gasteiger partial charge in [-0.25, -0.2) is 13.6 Å². The van der Waals surface area contributed by atoms with Crippen molar-refractivity contribution in [1.29, 1.82) is 0 Å². The zero-order valence-corrected chi connectivity index (χ0v) is 11.4. The SMILES string of the molecule is CC(Cc1ccc(F)cc1)Nc1ccc(F)cc1C(=O)O. The zero-order valence-electron chi connectivity index (χ0n) is 11.4. The molecule has 1 atom stereocenters. The lowest BCUT2D eigenvalue weighted by atomic mass is 10.1. The molecule has 0 amide bonds. The van der Waals surface area contributed by atoms with E-state index in [2.05, 4.69) is 5.32 Å². The molecule has 2 aromatic carbocycles. The van der Waals surface area contributed by atoms with E-state index in [0.717, 1.165) is 11.6 Å². The first-order valence-electron chi connectivity index (χ1n) is 6.49. The van der Waals surface area contributed by atoms with Gasteiger partial charge in [-0.05, 0) is 49.2 Å². The summed E-state index contributed by atoms with van der Waals surface area (Å²) in [6, 6.07) is 9.62. The molecule has 5 heteroatoms. The van der Waals surface area contributed by atoms with Crippen LogP contribution in [0, 0.1) is 11.6 Å². The zero-order chi connectivity index (χ0) is 15.4. The quantitative estimate of drug-likeness (QED) is 0.883. The molecule has 0 fully saturated rings. The first kappa shape index (κ1) is 15.0. The van der Waals surface area contributed by atoms with Crippen LogP contribution in [0.2, 0.25) is 0 Å². The first-order valence-corrected chi connectivity index (χ1v) is 6.49. The van der Waals surface area contributed by atoms with E-state index in [1.165, 1.54) is 24.3 Å². The Morgan fingerprint density at radius 3 is 2.38 bits per heavy atom. The van der Waals surface area contributed by atoms with Crippen LogP contribution in [-0.4, -0.2) is 17.1 Å². The molecular formula is C16H15F2NO2. The Labute approximate surface area is 121 Å². The minimum absolute atomic E-state index is 0.0842. The molecule has 21 heavy (non-hydrogen) atoms. The van der Waals surface area contributed by atoms with Crippen LogP contribution in [0.15, 0.2) is 42.5 Å². The second-order valence-electron chi connectivity index (χ2n) is 4.87. The maximum Gasteiger partial charge on any atom is 0.337 e. The summed E-state index contributed by atoms with van der Waals surface area (Å²) < 4.78 is 25.9. The molecule has 0 heterocycles. The summed E-state index contributed by atoms with van der Waals surface area (Å²) in [7, 11) is 0. The fourth-order valence-corrected chi connectivity index (χ4v) is 2.11. The molecule has 0 bridgehead atoms. The van der Waals surface area contributed by atoms with Crippen molar-refractivity contribution in [2.75, 3.05) is 5.32 Å². The molecule has 3 nitrogen and oxygen atoms in total. The lowest BCUT2D eigenvalue weighted by Gasteiger charge is -2.17. The van der Waals surface area contributed by atoms with Crippen LogP contribution in [0.5, 0.6) is 0 Å². The van der Waals surface area contributed by atoms with Crippen LogP contribution < -0.4 is 5.32 Å². The molecule has 1 unspecified atom stereocenters. The van der Waals surface area contributed by atoms with E-state index >= 15 is 0 Å². The summed E-state index contributed by atoms with van der Waals surface area (Å²) in [5, 5.41) is 12.1. The van der Waals surface area contributed by atoms with Gasteiger partial charge in [0.15, 0.2) is 0 Å². The third-order valence-electron chi connectivity index (χ3n) is 3.07. The molecule has 2 rings (SSSR count). The molecule has 0 aliphatic heterocycles. The molecule has 0 spiro atoms. The van der Waals surface area contributed by atoms with E-state index in [9.17, 15) is 13.6 Å². The number of anilines is 1. The average molecular weight is 291 g/mol. The highest BCUT2D eigenvalue weighted by molar-refractivity contribution is 5.94. The van der Waals surface area contributed by atoms with E-state index in [0.29, 0.717) is 12.1 Å². The van der Waals surface area contributed by atoms with Gasteiger partial charge >= 0.3 is 5.97 Å². The number of nitrogens with one attached hydrogen (secondary N) is 1. The lowest BCUT2D eigenvalue weighted by molar-refractivity contribution is 0.0697. The van der Waals surface area contributed by atoms with Gasteiger partial charge in [0.1, 0.15) is 11.6 Å². The van der Waals surface area contributed by atoms with Crippen molar-refractivity contribution in [3.05, 3.63) is 65.2 Å². The highest BCUT2D eigenvalue weighted by Gasteiger charge is 2.13. The number of carboxylic acid groups (broad SMARTS) is 1. The Balaban J connectivity index is 2.10. The van der Waals surface area contributed by atoms with Crippen LogP contribution in [0.1, 0.15) is 22.8 Å². The maximum atomic E-state index is 13.1. The largest absolute Gasteiger partial charge is 0.478 e. The van der Waals surface area contributed by atoms with Gasteiger partial charge in [0, 0.05) is 11.7 Å². The van der Waals surface area contributed by atoms with Crippen LogP contribution in [-0.2, 0) is 6.42 Å². The number of carboxylic acids is 1. The monoisotopic (exact) mass is 291 g/mol. The fraction of sp³-hybridized carbons (Fsp3) is 0.188. The van der Waals surface area contributed by atoms with E-state index in [1.807, 2.05) is 6.92 Å². The molecule has 0 saturated heterocycles. The van der Waals surface area contributed by atoms with E-state index in [1.54, 1.807) is 12.1 Å². The van der Waals surface area contributed by atoms with Crippen molar-refractivity contribution in [3.8, 4) is 0 Å². The van der Waals surface area contributed by atoms with Gasteiger partial charge in [-0.2, -0.15) is 0 Å². The van der Waals surface area contributed by atoms with Crippen LogP contribution in [0.3, 0.4) is 0 Å². The standard InChI is InChI=1S/C16H15F2NO2/c1-10(8-11-2-4-12(17)5-3-11)19-15-7-6-13(18)9-14(15)16(20)21/h2-7,9-10,19H,8H2,1H3,(H,20,21). The number of hydrogen-bond acceptors (Lipinski definition) is 2. The van der Waals surface area contributed by atoms with Gasteiger partial charge < -0.3 is 10.4 Å². The van der Waals surface area contributed by atoms with Gasteiger partial charge in [0.25, 0.3) is 0 Å². The normalized spacial score (nSPS) is 12.0. The van der Waals surface area contributed by atoms with Gasteiger partial charge in [0.2, 0.25) is 0 Å². The number of aromatic carboxylic acids is 1. The first-order chi connectivity index (χ1) is 9.95. The van der Waals surface area contributed by atoms with E-state index in [-0.39, 0.29) is 17.4 Å². The van der Waals surface area contributed by atoms with Gasteiger partial charge in [-0.1, -0.05) is 12.1 Å². The highest BCUT2D eigenvalue weighted by Crippen LogP contribution is 2.19. The fourth-order valence-electron chi connectivity index (χ4n) is 2.11. The van der Waals surface area contributed by atoms with Crippen molar-refractivity contribution in [1.82, 2.24) is 0 Å². The summed E-state index contributed by atoms with van der Waals surface area (Å²) in [6.45, 7) is 1.87. The summed E-state index contributed by atoms with van der Waals surface area (Å²) in [6.07, 6.45) is 0.594. The van der Waals surface area contributed by atoms with Gasteiger partial charge in [-0.3, -0.25) is 0 Å². The number of halogens is 2. The van der Waals surface area contributed by atoms with Crippen LogP contribution in [0.4, 0.5) is 14.5 Å². The number of hydrogen-bond donors (Lipinski definition) is 2. The third kappa shape index (κ3) is 4.02. The summed E-state index contributed by atoms with van der Waals surface area (Å²) >= 11 is 0. The molecule has 2 N–H and O–H groups in total. The van der Waals surface area contributed by atoms with Crippen molar-refractivity contribution < 1.29 is 18.7 Å². The molecule has 0 saturated carbocycles. The average Bonchev–Trinajstić information content (AvgIpc) is 2.43. The number of benzene rings is 2. The Kier molecular flexibility index (Phi) is 4.52. The Hall–Kier alpha value is -2.43. The van der Waals surface area contributed by atoms with Gasteiger partial charge in [0.05, 0.1) is 5.56 Å². The number of rotatable bonds is 5. The predicted molar refractivity (Wildman–Crippen MR) is 76.5 cm³/mol. The van der Waals surface area contributed by atoms with E-state index < -0.39 is 11.8 Å². The maximum absolute atomic E-state index is 13.1. The second kappa shape index (κ2) is 6.35. The number of carbonyl (C=O) groups is 1. The Bertz CT molecular complexity index is 641. The van der Waals surface area contributed by atoms with Crippen molar-refractivity contribution in [3.63, 3.8) is 0 Å². The molecule has 0 aliphatic carbocycles. The Morgan fingerprint density at radius 2 is 1.76 bits per heavy atom. The molecule has 0 aliphatic rings. The second-order valence-corrected chi connectivity index (χ2v) is 4.87. The van der Waals surface area contributed by atoms with Gasteiger partial charge in [-0.15, -0.1) is 0 Å². The van der Waals surface area contributed by atoms with Crippen LogP contribution >= 0.6 is 0 Å². The lowest BCUT2D eigenvalue weighted by Crippen LogP contribution is -2.20. The molecular weight excluding hydrogens is 276 g/mol. The summed E-state index contributed by atoms with van der Waals surface area (Å²) in [5.41, 5.74) is 1.18. The molecule has 0 aromatic heterocycles. The minimum atomic E-state index is -1.19.